The summed E-state index contributed by atoms with van der Waals surface area (Å²) >= 11 is 0. The van der Waals surface area contributed by atoms with Gasteiger partial charge in [-0.1, -0.05) is 364 Å². The third-order valence-electron chi connectivity index (χ3n) is 19.5. The van der Waals surface area contributed by atoms with Crippen molar-refractivity contribution in [3.8, 4) is 0 Å². The maximum Gasteiger partial charge on any atom is 0.472 e. The van der Waals surface area contributed by atoms with Crippen molar-refractivity contribution < 1.29 is 80.2 Å². The van der Waals surface area contributed by atoms with Crippen LogP contribution >= 0.6 is 15.6 Å². The van der Waals surface area contributed by atoms with Gasteiger partial charge in [0.2, 0.25) is 0 Å². The van der Waals surface area contributed by atoms with Gasteiger partial charge in [-0.15, -0.1) is 0 Å². The molecule has 3 N–H and O–H groups in total. The van der Waals surface area contributed by atoms with E-state index in [0.29, 0.717) is 25.7 Å². The van der Waals surface area contributed by atoms with Gasteiger partial charge in [0.25, 0.3) is 0 Å². The summed E-state index contributed by atoms with van der Waals surface area (Å²) in [6, 6.07) is 0. The van der Waals surface area contributed by atoms with Crippen LogP contribution in [0, 0.1) is 23.7 Å². The number of phosphoric ester groups is 2. The summed E-state index contributed by atoms with van der Waals surface area (Å²) in [5.74, 6) is 0.998. The summed E-state index contributed by atoms with van der Waals surface area (Å²) in [4.78, 5) is 73.0. The van der Waals surface area contributed by atoms with Crippen molar-refractivity contribution in [3.63, 3.8) is 0 Å². The normalized spacial score (nSPS) is 14.6. The number of phosphoric acid groups is 2. The van der Waals surface area contributed by atoms with Gasteiger partial charge in [-0.05, 0) is 49.4 Å². The van der Waals surface area contributed by atoms with Crippen molar-refractivity contribution in [2.75, 3.05) is 39.6 Å². The molecule has 0 aromatic heterocycles. The van der Waals surface area contributed by atoms with Gasteiger partial charge in [0, 0.05) is 25.7 Å². The second-order valence-electron chi connectivity index (χ2n) is 30.6. The van der Waals surface area contributed by atoms with E-state index in [9.17, 15) is 43.2 Å². The van der Waals surface area contributed by atoms with E-state index in [-0.39, 0.29) is 25.7 Å². The lowest BCUT2D eigenvalue weighted by atomic mass is 9.99. The molecule has 0 amide bonds. The zero-order valence-corrected chi connectivity index (χ0v) is 67.6. The maximum atomic E-state index is 13.1. The number of esters is 4. The molecule has 0 radical (unpaired) electrons. The molecule has 0 aliphatic carbocycles. The van der Waals surface area contributed by atoms with Gasteiger partial charge >= 0.3 is 39.5 Å². The Hall–Kier alpha value is -1.94. The predicted octanol–water partition coefficient (Wildman–Crippen LogP) is 24.0. The fourth-order valence-corrected chi connectivity index (χ4v) is 13.9. The summed E-state index contributed by atoms with van der Waals surface area (Å²) in [5.41, 5.74) is 0. The average molecular weight is 1470 g/mol. The van der Waals surface area contributed by atoms with Crippen LogP contribution in [0.2, 0.25) is 0 Å². The highest BCUT2D eigenvalue weighted by Gasteiger charge is 2.30. The molecule has 0 aliphatic heterocycles. The lowest BCUT2D eigenvalue weighted by Crippen LogP contribution is -2.30. The monoisotopic (exact) mass is 1470 g/mol. The second-order valence-corrected chi connectivity index (χ2v) is 33.5. The summed E-state index contributed by atoms with van der Waals surface area (Å²) < 4.78 is 68.7. The highest BCUT2D eigenvalue weighted by Crippen LogP contribution is 2.45. The number of hydrogen-bond donors (Lipinski definition) is 3. The molecular weight excluding hydrogens is 1310 g/mol. The number of rotatable bonds is 78. The van der Waals surface area contributed by atoms with Crippen molar-refractivity contribution in [2.24, 2.45) is 23.7 Å². The first kappa shape index (κ1) is 98.1. The van der Waals surface area contributed by atoms with Crippen molar-refractivity contribution in [2.45, 2.75) is 433 Å². The predicted molar refractivity (Wildman–Crippen MR) is 409 cm³/mol. The van der Waals surface area contributed by atoms with E-state index in [1.807, 2.05) is 0 Å². The fourth-order valence-electron chi connectivity index (χ4n) is 12.4. The van der Waals surface area contributed by atoms with E-state index in [2.05, 4.69) is 55.4 Å². The highest BCUT2D eigenvalue weighted by molar-refractivity contribution is 7.47. The van der Waals surface area contributed by atoms with E-state index in [4.69, 9.17) is 37.0 Å². The molecule has 0 heterocycles. The van der Waals surface area contributed by atoms with Crippen molar-refractivity contribution in [1.82, 2.24) is 0 Å². The third-order valence-corrected chi connectivity index (χ3v) is 21.4. The molecule has 0 rings (SSSR count). The summed E-state index contributed by atoms with van der Waals surface area (Å²) in [6.45, 7) is 14.2. The molecule has 19 heteroatoms. The van der Waals surface area contributed by atoms with Crippen LogP contribution in [0.4, 0.5) is 0 Å². The highest BCUT2D eigenvalue weighted by atomic mass is 31.2. The Morgan fingerprint density at radius 1 is 0.280 bits per heavy atom. The zero-order chi connectivity index (χ0) is 73.8. The minimum Gasteiger partial charge on any atom is -0.462 e. The molecule has 0 saturated carbocycles. The molecule has 17 nitrogen and oxygen atoms in total. The topological polar surface area (TPSA) is 237 Å². The van der Waals surface area contributed by atoms with Gasteiger partial charge in [0.15, 0.2) is 12.2 Å². The molecule has 7 atom stereocenters. The van der Waals surface area contributed by atoms with Crippen LogP contribution in [0.3, 0.4) is 0 Å². The molecule has 0 saturated heterocycles. The molecule has 0 aromatic carbocycles. The standard InChI is InChI=1S/C81H158O17P2/c1-9-73(7)59-51-43-35-28-24-20-17-18-21-25-29-36-45-53-61-78(83)91-67-76(97-80(85)63-55-47-38-30-26-22-16-14-12-11-13-15-19-23-27-33-41-49-57-71(3)4)69-95-99(87,88)93-65-75(82)66-94-100(89,90)96-70-77(98-81(86)64-56-48-40-39-44-52-60-74(8)10-2)68-92-79(84)62-54-46-37-32-31-34-42-50-58-72(5)6/h71-77,82H,9-70H2,1-8H3,(H,87,88)(H,89,90)/t73?,74?,75?,76-,77-/m1/s1. The van der Waals surface area contributed by atoms with Crippen molar-refractivity contribution in [3.05, 3.63) is 0 Å². The van der Waals surface area contributed by atoms with Gasteiger partial charge in [0.1, 0.15) is 19.3 Å². The van der Waals surface area contributed by atoms with E-state index < -0.39 is 97.5 Å². The SMILES string of the molecule is CCC(C)CCCCCCCCCCCCCCCCC(=O)OC[C@H](COP(=O)(O)OCC(O)COP(=O)(O)OC[C@@H](COC(=O)CCCCCCCCCCC(C)C)OC(=O)CCCCCCCCC(C)CC)OC(=O)CCCCCCCCCCCCCCCCCCCCC(C)C. The molecule has 0 fully saturated rings. The number of carbonyl (C=O) groups is 4. The van der Waals surface area contributed by atoms with Gasteiger partial charge < -0.3 is 33.8 Å². The van der Waals surface area contributed by atoms with E-state index in [1.54, 1.807) is 0 Å². The van der Waals surface area contributed by atoms with Gasteiger partial charge in [-0.3, -0.25) is 37.3 Å². The number of carbonyl (C=O) groups excluding carboxylic acids is 4. The summed E-state index contributed by atoms with van der Waals surface area (Å²) in [5, 5.41) is 10.6. The van der Waals surface area contributed by atoms with Crippen LogP contribution in [0.15, 0.2) is 0 Å². The third kappa shape index (κ3) is 71.7. The largest absolute Gasteiger partial charge is 0.472 e. The summed E-state index contributed by atoms with van der Waals surface area (Å²) in [6.07, 6.45) is 57.0. The first-order valence-electron chi connectivity index (χ1n) is 41.8. The minimum atomic E-state index is -4.96. The van der Waals surface area contributed by atoms with Crippen LogP contribution in [0.5, 0.6) is 0 Å². The Bertz CT molecular complexity index is 1960. The van der Waals surface area contributed by atoms with E-state index in [0.717, 1.165) is 114 Å². The quantitative estimate of drug-likeness (QED) is 0.0222. The number of aliphatic hydroxyl groups excluding tert-OH is 1. The van der Waals surface area contributed by atoms with Gasteiger partial charge in [0.05, 0.1) is 26.4 Å². The molecule has 100 heavy (non-hydrogen) atoms. The number of aliphatic hydroxyl groups is 1. The number of hydrogen-bond acceptors (Lipinski definition) is 15. The molecule has 0 aliphatic rings. The Morgan fingerprint density at radius 3 is 0.710 bits per heavy atom. The van der Waals surface area contributed by atoms with E-state index >= 15 is 0 Å². The lowest BCUT2D eigenvalue weighted by Gasteiger charge is -2.21. The van der Waals surface area contributed by atoms with Crippen LogP contribution in [0.25, 0.3) is 0 Å². The summed E-state index contributed by atoms with van der Waals surface area (Å²) in [7, 11) is -9.92. The van der Waals surface area contributed by atoms with Crippen LogP contribution < -0.4 is 0 Å². The lowest BCUT2D eigenvalue weighted by molar-refractivity contribution is -0.161. The zero-order valence-electron chi connectivity index (χ0n) is 65.8. The smallest absolute Gasteiger partial charge is 0.462 e. The van der Waals surface area contributed by atoms with Crippen LogP contribution in [-0.4, -0.2) is 96.7 Å². The first-order valence-corrected chi connectivity index (χ1v) is 44.8. The van der Waals surface area contributed by atoms with Gasteiger partial charge in [-0.25, -0.2) is 9.13 Å². The Morgan fingerprint density at radius 2 is 0.480 bits per heavy atom. The van der Waals surface area contributed by atoms with Crippen molar-refractivity contribution >= 4 is 39.5 Å². The number of ether oxygens (including phenoxy) is 4. The van der Waals surface area contributed by atoms with Crippen molar-refractivity contribution in [1.29, 1.82) is 0 Å². The second kappa shape index (κ2) is 70.1. The van der Waals surface area contributed by atoms with Crippen LogP contribution in [-0.2, 0) is 65.4 Å². The molecule has 0 spiro atoms. The average Bonchev–Trinajstić information content (AvgIpc) is 0.931. The van der Waals surface area contributed by atoms with Crippen LogP contribution in [0.1, 0.15) is 415 Å². The Balaban J connectivity index is 5.21. The first-order chi connectivity index (χ1) is 48.2. The van der Waals surface area contributed by atoms with Gasteiger partial charge in [-0.2, -0.15) is 0 Å². The van der Waals surface area contributed by atoms with E-state index in [1.165, 1.54) is 218 Å². The Labute approximate surface area is 613 Å². The Kier molecular flexibility index (Phi) is 68.7. The fraction of sp³-hybridized carbons (Fsp3) is 0.951. The molecule has 594 valence electrons. The maximum absolute atomic E-state index is 13.1. The molecule has 0 bridgehead atoms. The molecule has 5 unspecified atom stereocenters. The number of unbranched alkanes of at least 4 members (excludes halogenated alkanes) is 42. The molecule has 0 aromatic rings. The molecular formula is C81H158O17P2. The minimum absolute atomic E-state index is 0.102.